The summed E-state index contributed by atoms with van der Waals surface area (Å²) in [6.07, 6.45) is 2.70. The predicted octanol–water partition coefficient (Wildman–Crippen LogP) is 2.77. The van der Waals surface area contributed by atoms with Crippen LogP contribution in [0.1, 0.15) is 59.6 Å². The molecule has 1 fully saturated rings. The molecule has 146 valence electrons. The summed E-state index contributed by atoms with van der Waals surface area (Å²) in [5, 5.41) is 9.88. The Bertz CT molecular complexity index is 798. The Balaban J connectivity index is 1.56. The van der Waals surface area contributed by atoms with Crippen molar-refractivity contribution in [3.63, 3.8) is 0 Å². The fraction of sp³-hybridized carbons (Fsp3) is 0.579. The number of aromatic nitrogens is 2. The lowest BCUT2D eigenvalue weighted by atomic mass is 9.98. The number of aryl methyl sites for hydroxylation is 1. The van der Waals surface area contributed by atoms with Gasteiger partial charge in [-0.1, -0.05) is 19.0 Å². The maximum Gasteiger partial charge on any atom is 0.276 e. The molecule has 0 spiro atoms. The van der Waals surface area contributed by atoms with E-state index in [2.05, 4.69) is 15.9 Å². The van der Waals surface area contributed by atoms with Crippen molar-refractivity contribution >= 4 is 23.2 Å². The molecule has 2 aromatic rings. The van der Waals surface area contributed by atoms with Gasteiger partial charge in [-0.25, -0.2) is 4.98 Å². The smallest absolute Gasteiger partial charge is 0.276 e. The minimum atomic E-state index is -0.0790. The first-order chi connectivity index (χ1) is 12.9. The van der Waals surface area contributed by atoms with Crippen molar-refractivity contribution in [2.45, 2.75) is 46.0 Å². The highest BCUT2D eigenvalue weighted by molar-refractivity contribution is 7.09. The highest BCUT2D eigenvalue weighted by Gasteiger charge is 2.28. The maximum absolute atomic E-state index is 12.6. The second-order valence-corrected chi connectivity index (χ2v) is 8.18. The van der Waals surface area contributed by atoms with Crippen molar-refractivity contribution in [3.8, 4) is 0 Å². The molecular formula is C19H26N4O3S. The van der Waals surface area contributed by atoms with E-state index in [0.29, 0.717) is 24.5 Å². The molecule has 2 aromatic heterocycles. The molecule has 1 N–H and O–H groups in total. The monoisotopic (exact) mass is 390 g/mol. The zero-order valence-corrected chi connectivity index (χ0v) is 16.8. The first kappa shape index (κ1) is 19.5. The number of hydrogen-bond donors (Lipinski definition) is 1. The third-order valence-corrected chi connectivity index (χ3v) is 5.74. The summed E-state index contributed by atoms with van der Waals surface area (Å²) >= 11 is 1.64. The Morgan fingerprint density at radius 1 is 1.44 bits per heavy atom. The number of nitrogens with zero attached hydrogens (tertiary/aromatic N) is 3. The van der Waals surface area contributed by atoms with Gasteiger partial charge < -0.3 is 14.7 Å². The molecule has 7 nitrogen and oxygen atoms in total. The van der Waals surface area contributed by atoms with E-state index in [9.17, 15) is 9.59 Å². The minimum Gasteiger partial charge on any atom is -0.361 e. The van der Waals surface area contributed by atoms with E-state index >= 15 is 0 Å². The first-order valence-corrected chi connectivity index (χ1v) is 10.3. The van der Waals surface area contributed by atoms with Gasteiger partial charge in [-0.2, -0.15) is 0 Å². The standard InChI is InChI=1S/C19H26N4O3S/c1-12(2)17(24)20-7-6-15-11-27-18(21-15)14-5-4-8-23(10-14)19(25)16-9-13(3)26-22-16/h9,11-12,14H,4-8,10H2,1-3H3,(H,20,24). The molecule has 1 aliphatic heterocycles. The Morgan fingerprint density at radius 2 is 2.26 bits per heavy atom. The zero-order valence-electron chi connectivity index (χ0n) is 16.0. The van der Waals surface area contributed by atoms with E-state index in [1.807, 2.05) is 18.7 Å². The highest BCUT2D eigenvalue weighted by atomic mass is 32.1. The molecule has 0 saturated carbocycles. The van der Waals surface area contributed by atoms with Crippen LogP contribution in [0.3, 0.4) is 0 Å². The van der Waals surface area contributed by atoms with Gasteiger partial charge in [0.1, 0.15) is 5.76 Å². The molecule has 0 bridgehead atoms. The van der Waals surface area contributed by atoms with Crippen LogP contribution >= 0.6 is 11.3 Å². The quantitative estimate of drug-likeness (QED) is 0.819. The van der Waals surface area contributed by atoms with Gasteiger partial charge in [0, 0.05) is 49.3 Å². The number of piperidine rings is 1. The summed E-state index contributed by atoms with van der Waals surface area (Å²) in [4.78, 5) is 30.8. The third-order valence-electron chi connectivity index (χ3n) is 4.68. The lowest BCUT2D eigenvalue weighted by Gasteiger charge is -2.31. The SMILES string of the molecule is Cc1cc(C(=O)N2CCCC(c3nc(CCNC(=O)C(C)C)cs3)C2)no1. The Morgan fingerprint density at radius 3 is 2.96 bits per heavy atom. The normalized spacial score (nSPS) is 17.3. The van der Waals surface area contributed by atoms with Crippen LogP contribution in [0.4, 0.5) is 0 Å². The molecule has 27 heavy (non-hydrogen) atoms. The maximum atomic E-state index is 12.6. The molecule has 3 heterocycles. The molecule has 1 atom stereocenters. The zero-order chi connectivity index (χ0) is 19.4. The lowest BCUT2D eigenvalue weighted by molar-refractivity contribution is -0.123. The van der Waals surface area contributed by atoms with Crippen molar-refractivity contribution in [1.29, 1.82) is 0 Å². The van der Waals surface area contributed by atoms with E-state index in [4.69, 9.17) is 9.51 Å². The van der Waals surface area contributed by atoms with Gasteiger partial charge in [0.15, 0.2) is 5.69 Å². The molecule has 0 aliphatic carbocycles. The average Bonchev–Trinajstić information content (AvgIpc) is 3.30. The van der Waals surface area contributed by atoms with Crippen LogP contribution in [-0.2, 0) is 11.2 Å². The average molecular weight is 391 g/mol. The largest absolute Gasteiger partial charge is 0.361 e. The number of thiazole rings is 1. The van der Waals surface area contributed by atoms with Crippen LogP contribution in [0.15, 0.2) is 16.0 Å². The molecule has 1 unspecified atom stereocenters. The number of likely N-dealkylation sites (tertiary alicyclic amines) is 1. The van der Waals surface area contributed by atoms with E-state index in [0.717, 1.165) is 36.5 Å². The van der Waals surface area contributed by atoms with Gasteiger partial charge >= 0.3 is 0 Å². The summed E-state index contributed by atoms with van der Waals surface area (Å²) in [5.41, 5.74) is 1.36. The van der Waals surface area contributed by atoms with Crippen LogP contribution in [0, 0.1) is 12.8 Å². The van der Waals surface area contributed by atoms with Gasteiger partial charge in [-0.3, -0.25) is 9.59 Å². The van der Waals surface area contributed by atoms with Gasteiger partial charge in [0.05, 0.1) is 10.7 Å². The van der Waals surface area contributed by atoms with Gasteiger partial charge in [-0.05, 0) is 19.8 Å². The van der Waals surface area contributed by atoms with Crippen molar-refractivity contribution in [3.05, 3.63) is 33.6 Å². The molecule has 0 radical (unpaired) electrons. The van der Waals surface area contributed by atoms with E-state index < -0.39 is 0 Å². The molecule has 0 aromatic carbocycles. The number of carbonyl (C=O) groups excluding carboxylic acids is 2. The number of amides is 2. The lowest BCUT2D eigenvalue weighted by Crippen LogP contribution is -2.39. The summed E-state index contributed by atoms with van der Waals surface area (Å²) in [7, 11) is 0. The van der Waals surface area contributed by atoms with Gasteiger partial charge in [0.2, 0.25) is 5.91 Å². The predicted molar refractivity (Wildman–Crippen MR) is 103 cm³/mol. The number of nitrogens with one attached hydrogen (secondary N) is 1. The number of hydrogen-bond acceptors (Lipinski definition) is 6. The molecule has 2 amide bonds. The fourth-order valence-corrected chi connectivity index (χ4v) is 4.12. The van der Waals surface area contributed by atoms with Crippen molar-refractivity contribution in [2.75, 3.05) is 19.6 Å². The van der Waals surface area contributed by atoms with E-state index in [1.165, 1.54) is 0 Å². The van der Waals surface area contributed by atoms with Crippen molar-refractivity contribution < 1.29 is 14.1 Å². The number of carbonyl (C=O) groups is 2. The molecule has 8 heteroatoms. The topological polar surface area (TPSA) is 88.3 Å². The van der Waals surface area contributed by atoms with Gasteiger partial charge in [0.25, 0.3) is 5.91 Å². The molecule has 1 saturated heterocycles. The summed E-state index contributed by atoms with van der Waals surface area (Å²) in [6.45, 7) is 7.53. The summed E-state index contributed by atoms with van der Waals surface area (Å²) in [6, 6.07) is 1.68. The van der Waals surface area contributed by atoms with E-state index in [-0.39, 0.29) is 23.7 Å². The Kier molecular flexibility index (Phi) is 6.26. The van der Waals surface area contributed by atoms with Crippen LogP contribution in [0.25, 0.3) is 0 Å². The minimum absolute atomic E-state index is 0.00439. The van der Waals surface area contributed by atoms with Crippen molar-refractivity contribution in [2.24, 2.45) is 5.92 Å². The Labute approximate surface area is 163 Å². The van der Waals surface area contributed by atoms with Crippen LogP contribution in [0.2, 0.25) is 0 Å². The van der Waals surface area contributed by atoms with Crippen LogP contribution in [0.5, 0.6) is 0 Å². The van der Waals surface area contributed by atoms with E-state index in [1.54, 1.807) is 24.3 Å². The van der Waals surface area contributed by atoms with Crippen molar-refractivity contribution in [1.82, 2.24) is 20.4 Å². The second kappa shape index (κ2) is 8.65. The van der Waals surface area contributed by atoms with Crippen LogP contribution in [-0.4, -0.2) is 46.5 Å². The molecular weight excluding hydrogens is 364 g/mol. The second-order valence-electron chi connectivity index (χ2n) is 7.29. The fourth-order valence-electron chi connectivity index (χ4n) is 3.14. The van der Waals surface area contributed by atoms with Gasteiger partial charge in [-0.15, -0.1) is 11.3 Å². The number of rotatable bonds is 6. The first-order valence-electron chi connectivity index (χ1n) is 9.38. The highest BCUT2D eigenvalue weighted by Crippen LogP contribution is 2.30. The molecule has 3 rings (SSSR count). The molecule has 1 aliphatic rings. The Hall–Kier alpha value is -2.22. The third kappa shape index (κ3) is 4.94. The summed E-state index contributed by atoms with van der Waals surface area (Å²) < 4.78 is 5.02. The summed E-state index contributed by atoms with van der Waals surface area (Å²) in [5.74, 6) is 0.871. The van der Waals surface area contributed by atoms with Crippen LogP contribution < -0.4 is 5.32 Å².